The molecule has 0 aromatic carbocycles. The van der Waals surface area contributed by atoms with Gasteiger partial charge >= 0.3 is 0 Å². The van der Waals surface area contributed by atoms with Gasteiger partial charge in [-0.2, -0.15) is 5.10 Å². The Morgan fingerprint density at radius 3 is 2.80 bits per heavy atom. The molecule has 1 aromatic rings. The summed E-state index contributed by atoms with van der Waals surface area (Å²) >= 11 is 0. The topological polar surface area (TPSA) is 67.9 Å². The molecule has 1 aromatic heterocycles. The number of nitrogens with zero attached hydrogens (tertiary/aromatic N) is 2. The quantitative estimate of drug-likeness (QED) is 0.635. The van der Waals surface area contributed by atoms with Crippen LogP contribution in [0.1, 0.15) is 38.5 Å². The first-order valence-corrected chi connectivity index (χ1v) is 7.95. The third-order valence-corrected chi connectivity index (χ3v) is 4.21. The molecule has 0 saturated heterocycles. The smallest absolute Gasteiger partial charge is 0.147 e. The SMILES string of the molecule is CNc1ccn(CCCCNCC2CCC(N)CC2)n1. The third-order valence-electron chi connectivity index (χ3n) is 4.21. The van der Waals surface area contributed by atoms with Crippen molar-refractivity contribution in [3.8, 4) is 0 Å². The fourth-order valence-corrected chi connectivity index (χ4v) is 2.84. The lowest BCUT2D eigenvalue weighted by Gasteiger charge is -2.26. The second-order valence-corrected chi connectivity index (χ2v) is 5.91. The molecule has 0 atom stereocenters. The van der Waals surface area contributed by atoms with E-state index < -0.39 is 0 Å². The maximum atomic E-state index is 5.93. The van der Waals surface area contributed by atoms with E-state index in [0.29, 0.717) is 6.04 Å². The van der Waals surface area contributed by atoms with Crippen LogP contribution in [-0.4, -0.2) is 36.0 Å². The number of unbranched alkanes of at least 4 members (excludes halogenated alkanes) is 1. The zero-order valence-electron chi connectivity index (χ0n) is 12.6. The van der Waals surface area contributed by atoms with Gasteiger partial charge < -0.3 is 16.4 Å². The molecule has 1 heterocycles. The van der Waals surface area contributed by atoms with Crippen molar-refractivity contribution in [1.82, 2.24) is 15.1 Å². The highest BCUT2D eigenvalue weighted by Gasteiger charge is 2.17. The summed E-state index contributed by atoms with van der Waals surface area (Å²) in [4.78, 5) is 0. The highest BCUT2D eigenvalue weighted by molar-refractivity contribution is 5.30. The van der Waals surface area contributed by atoms with E-state index in [0.717, 1.165) is 24.8 Å². The molecule has 0 radical (unpaired) electrons. The van der Waals surface area contributed by atoms with Crippen LogP contribution in [0.15, 0.2) is 12.3 Å². The zero-order chi connectivity index (χ0) is 14.2. The minimum Gasteiger partial charge on any atom is -0.372 e. The Bertz CT molecular complexity index is 368. The summed E-state index contributed by atoms with van der Waals surface area (Å²) < 4.78 is 2.01. The lowest BCUT2D eigenvalue weighted by atomic mass is 9.86. The van der Waals surface area contributed by atoms with E-state index in [2.05, 4.69) is 15.7 Å². The summed E-state index contributed by atoms with van der Waals surface area (Å²) in [6, 6.07) is 2.47. The van der Waals surface area contributed by atoms with Crippen LogP contribution < -0.4 is 16.4 Å². The Morgan fingerprint density at radius 2 is 2.10 bits per heavy atom. The average Bonchev–Trinajstić information content (AvgIpc) is 2.92. The summed E-state index contributed by atoms with van der Waals surface area (Å²) in [7, 11) is 1.90. The number of anilines is 1. The van der Waals surface area contributed by atoms with Gasteiger partial charge in [0.25, 0.3) is 0 Å². The normalized spacial score (nSPS) is 22.9. The molecule has 2 rings (SSSR count). The molecule has 0 aliphatic heterocycles. The lowest BCUT2D eigenvalue weighted by molar-refractivity contribution is 0.314. The minimum atomic E-state index is 0.461. The predicted octanol–water partition coefficient (Wildman–Crippen LogP) is 1.81. The van der Waals surface area contributed by atoms with Crippen molar-refractivity contribution in [2.75, 3.05) is 25.5 Å². The molecule has 1 aliphatic rings. The fourth-order valence-electron chi connectivity index (χ4n) is 2.84. The van der Waals surface area contributed by atoms with Crippen LogP contribution in [-0.2, 0) is 6.54 Å². The van der Waals surface area contributed by atoms with Gasteiger partial charge in [-0.1, -0.05) is 0 Å². The number of aromatic nitrogens is 2. The van der Waals surface area contributed by atoms with E-state index in [1.807, 2.05) is 24.0 Å². The number of rotatable bonds is 8. The fraction of sp³-hybridized carbons (Fsp3) is 0.800. The van der Waals surface area contributed by atoms with E-state index in [-0.39, 0.29) is 0 Å². The summed E-state index contributed by atoms with van der Waals surface area (Å²) in [5, 5.41) is 11.0. The van der Waals surface area contributed by atoms with Crippen LogP contribution in [0, 0.1) is 5.92 Å². The molecule has 0 amide bonds. The van der Waals surface area contributed by atoms with Crippen molar-refractivity contribution in [2.45, 2.75) is 51.1 Å². The van der Waals surface area contributed by atoms with E-state index in [1.165, 1.54) is 45.1 Å². The summed E-state index contributed by atoms with van der Waals surface area (Å²) in [5.41, 5.74) is 5.93. The van der Waals surface area contributed by atoms with Crippen molar-refractivity contribution in [1.29, 1.82) is 0 Å². The van der Waals surface area contributed by atoms with Crippen molar-refractivity contribution < 1.29 is 0 Å². The summed E-state index contributed by atoms with van der Waals surface area (Å²) in [6.45, 7) is 3.28. The van der Waals surface area contributed by atoms with E-state index >= 15 is 0 Å². The minimum absolute atomic E-state index is 0.461. The van der Waals surface area contributed by atoms with Crippen LogP contribution in [0.2, 0.25) is 0 Å². The van der Waals surface area contributed by atoms with Crippen LogP contribution >= 0.6 is 0 Å². The molecule has 20 heavy (non-hydrogen) atoms. The van der Waals surface area contributed by atoms with Crippen molar-refractivity contribution in [2.24, 2.45) is 11.7 Å². The monoisotopic (exact) mass is 279 g/mol. The number of nitrogens with one attached hydrogen (secondary N) is 2. The van der Waals surface area contributed by atoms with Crippen LogP contribution in [0.4, 0.5) is 5.82 Å². The van der Waals surface area contributed by atoms with Gasteiger partial charge in [0.15, 0.2) is 0 Å². The summed E-state index contributed by atoms with van der Waals surface area (Å²) in [6.07, 6.45) is 9.43. The Kier molecular flexibility index (Phi) is 6.33. The van der Waals surface area contributed by atoms with Gasteiger partial charge in [-0.25, -0.2) is 0 Å². The van der Waals surface area contributed by atoms with Gasteiger partial charge in [-0.15, -0.1) is 0 Å². The van der Waals surface area contributed by atoms with Crippen LogP contribution in [0.25, 0.3) is 0 Å². The molecule has 5 nitrogen and oxygen atoms in total. The maximum Gasteiger partial charge on any atom is 0.147 e. The summed E-state index contributed by atoms with van der Waals surface area (Å²) in [5.74, 6) is 1.79. The zero-order valence-corrected chi connectivity index (χ0v) is 12.6. The standard InChI is InChI=1S/C15H29N5/c1-17-15-8-11-20(19-15)10-3-2-9-18-12-13-4-6-14(16)7-5-13/h8,11,13-14,18H,2-7,9-10,12,16H2,1H3,(H,17,19). The first-order chi connectivity index (χ1) is 9.78. The average molecular weight is 279 g/mol. The van der Waals surface area contributed by atoms with Gasteiger partial charge in [0, 0.05) is 31.9 Å². The van der Waals surface area contributed by atoms with E-state index in [9.17, 15) is 0 Å². The van der Waals surface area contributed by atoms with E-state index in [4.69, 9.17) is 5.73 Å². The number of nitrogens with two attached hydrogens (primary N) is 1. The molecule has 1 aliphatic carbocycles. The van der Waals surface area contributed by atoms with Gasteiger partial charge in [0.05, 0.1) is 0 Å². The number of aryl methyl sites for hydroxylation is 1. The highest BCUT2D eigenvalue weighted by Crippen LogP contribution is 2.22. The molecule has 1 saturated carbocycles. The van der Waals surface area contributed by atoms with Gasteiger partial charge in [-0.05, 0) is 57.5 Å². The largest absolute Gasteiger partial charge is 0.372 e. The van der Waals surface area contributed by atoms with Gasteiger partial charge in [-0.3, -0.25) is 4.68 Å². The van der Waals surface area contributed by atoms with Crippen LogP contribution in [0.5, 0.6) is 0 Å². The molecule has 0 unspecified atom stereocenters. The Hall–Kier alpha value is -1.07. The Labute approximate surface area is 122 Å². The molecular formula is C15H29N5. The predicted molar refractivity (Wildman–Crippen MR) is 83.8 cm³/mol. The van der Waals surface area contributed by atoms with Gasteiger partial charge in [0.2, 0.25) is 0 Å². The second-order valence-electron chi connectivity index (χ2n) is 5.91. The molecule has 0 spiro atoms. The molecule has 4 N–H and O–H groups in total. The lowest BCUT2D eigenvalue weighted by Crippen LogP contribution is -2.32. The maximum absolute atomic E-state index is 5.93. The molecule has 0 bridgehead atoms. The molecule has 114 valence electrons. The molecule has 1 fully saturated rings. The van der Waals surface area contributed by atoms with E-state index in [1.54, 1.807) is 0 Å². The first-order valence-electron chi connectivity index (χ1n) is 7.95. The molecular weight excluding hydrogens is 250 g/mol. The van der Waals surface area contributed by atoms with Gasteiger partial charge in [0.1, 0.15) is 5.82 Å². The third kappa shape index (κ3) is 5.13. The first kappa shape index (κ1) is 15.3. The second kappa shape index (κ2) is 8.27. The Morgan fingerprint density at radius 1 is 1.30 bits per heavy atom. The number of hydrogen-bond donors (Lipinski definition) is 3. The molecule has 5 heteroatoms. The van der Waals surface area contributed by atoms with Crippen molar-refractivity contribution in [3.05, 3.63) is 12.3 Å². The van der Waals surface area contributed by atoms with Crippen molar-refractivity contribution in [3.63, 3.8) is 0 Å². The highest BCUT2D eigenvalue weighted by atomic mass is 15.3. The van der Waals surface area contributed by atoms with Crippen LogP contribution in [0.3, 0.4) is 0 Å². The number of hydrogen-bond acceptors (Lipinski definition) is 4. The Balaban J connectivity index is 1.47. The van der Waals surface area contributed by atoms with Crippen molar-refractivity contribution >= 4 is 5.82 Å².